The number of aryl methyl sites for hydroxylation is 1. The zero-order valence-corrected chi connectivity index (χ0v) is 8.00. The highest BCUT2D eigenvalue weighted by Crippen LogP contribution is 2.20. The van der Waals surface area contributed by atoms with E-state index in [0.717, 1.165) is 4.88 Å². The molecule has 0 radical (unpaired) electrons. The average molecular weight is 187 g/mol. The summed E-state index contributed by atoms with van der Waals surface area (Å²) in [6, 6.07) is 3.98. The third-order valence-corrected chi connectivity index (χ3v) is 3.06. The molecule has 0 aromatic carbocycles. The highest BCUT2D eigenvalue weighted by atomic mass is 32.2. The van der Waals surface area contributed by atoms with Crippen molar-refractivity contribution < 1.29 is 5.21 Å². The van der Waals surface area contributed by atoms with E-state index in [1.807, 2.05) is 25.3 Å². The van der Waals surface area contributed by atoms with E-state index in [1.165, 1.54) is 16.6 Å². The third-order valence-electron chi connectivity index (χ3n) is 1.24. The van der Waals surface area contributed by atoms with Gasteiger partial charge in [-0.1, -0.05) is 5.16 Å². The van der Waals surface area contributed by atoms with Gasteiger partial charge in [0.15, 0.2) is 5.04 Å². The van der Waals surface area contributed by atoms with Crippen molar-refractivity contribution in [2.45, 2.75) is 6.92 Å². The van der Waals surface area contributed by atoms with Gasteiger partial charge in [0.25, 0.3) is 0 Å². The molecule has 0 bridgehead atoms. The van der Waals surface area contributed by atoms with Gasteiger partial charge >= 0.3 is 0 Å². The van der Waals surface area contributed by atoms with Crippen molar-refractivity contribution in [2.24, 2.45) is 5.16 Å². The van der Waals surface area contributed by atoms with E-state index in [-0.39, 0.29) is 0 Å². The molecule has 0 aliphatic rings. The largest absolute Gasteiger partial charge is 0.410 e. The molecule has 0 saturated heterocycles. The first kappa shape index (κ1) is 8.62. The molecule has 60 valence electrons. The van der Waals surface area contributed by atoms with Gasteiger partial charge in [0.1, 0.15) is 0 Å². The molecule has 0 atom stereocenters. The maximum absolute atomic E-state index is 8.56. The molecular weight excluding hydrogens is 178 g/mol. The summed E-state index contributed by atoms with van der Waals surface area (Å²) < 4.78 is 0. The summed E-state index contributed by atoms with van der Waals surface area (Å²) in [5, 5.41) is 12.4. The van der Waals surface area contributed by atoms with Crippen molar-refractivity contribution in [3.8, 4) is 0 Å². The van der Waals surface area contributed by atoms with Crippen LogP contribution in [0, 0.1) is 6.92 Å². The smallest absolute Gasteiger partial charge is 0.152 e. The van der Waals surface area contributed by atoms with Crippen LogP contribution < -0.4 is 0 Å². The lowest BCUT2D eigenvalue weighted by Crippen LogP contribution is -1.88. The van der Waals surface area contributed by atoms with Crippen LogP contribution in [0.1, 0.15) is 9.75 Å². The second-order valence-electron chi connectivity index (χ2n) is 2.02. The van der Waals surface area contributed by atoms with E-state index in [4.69, 9.17) is 5.21 Å². The number of nitrogens with zero attached hydrogens (tertiary/aromatic N) is 1. The third kappa shape index (κ3) is 1.97. The van der Waals surface area contributed by atoms with Crippen molar-refractivity contribution in [3.63, 3.8) is 0 Å². The molecule has 11 heavy (non-hydrogen) atoms. The number of thiophene rings is 1. The molecule has 0 amide bonds. The van der Waals surface area contributed by atoms with E-state index in [2.05, 4.69) is 5.16 Å². The number of thioether (sulfide) groups is 1. The van der Waals surface area contributed by atoms with E-state index in [9.17, 15) is 0 Å². The van der Waals surface area contributed by atoms with Crippen molar-refractivity contribution in [3.05, 3.63) is 21.9 Å². The first-order valence-electron chi connectivity index (χ1n) is 3.10. The quantitative estimate of drug-likeness (QED) is 0.317. The van der Waals surface area contributed by atoms with Crippen LogP contribution in [0.4, 0.5) is 0 Å². The Morgan fingerprint density at radius 1 is 1.64 bits per heavy atom. The minimum Gasteiger partial charge on any atom is -0.410 e. The minimum absolute atomic E-state index is 0.683. The summed E-state index contributed by atoms with van der Waals surface area (Å²) in [6.45, 7) is 2.03. The van der Waals surface area contributed by atoms with Crippen molar-refractivity contribution in [1.82, 2.24) is 0 Å². The van der Waals surface area contributed by atoms with Crippen LogP contribution in [-0.4, -0.2) is 16.5 Å². The van der Waals surface area contributed by atoms with Gasteiger partial charge in [-0.2, -0.15) is 0 Å². The molecule has 1 aromatic rings. The zero-order valence-electron chi connectivity index (χ0n) is 6.37. The first-order valence-corrected chi connectivity index (χ1v) is 5.15. The van der Waals surface area contributed by atoms with Gasteiger partial charge in [0, 0.05) is 4.88 Å². The van der Waals surface area contributed by atoms with Crippen LogP contribution in [0.5, 0.6) is 0 Å². The van der Waals surface area contributed by atoms with Gasteiger partial charge in [-0.3, -0.25) is 0 Å². The maximum Gasteiger partial charge on any atom is 0.152 e. The number of hydrogen-bond acceptors (Lipinski definition) is 4. The summed E-state index contributed by atoms with van der Waals surface area (Å²) in [6.07, 6.45) is 1.89. The molecule has 2 nitrogen and oxygen atoms in total. The normalized spacial score (nSPS) is 12.0. The highest BCUT2D eigenvalue weighted by molar-refractivity contribution is 8.14. The Kier molecular flexibility index (Phi) is 2.96. The van der Waals surface area contributed by atoms with Gasteiger partial charge in [-0.15, -0.1) is 23.1 Å². The van der Waals surface area contributed by atoms with Crippen molar-refractivity contribution >= 4 is 28.1 Å². The summed E-state index contributed by atoms with van der Waals surface area (Å²) in [4.78, 5) is 2.26. The van der Waals surface area contributed by atoms with Crippen LogP contribution in [0.15, 0.2) is 17.3 Å². The summed E-state index contributed by atoms with van der Waals surface area (Å²) >= 11 is 3.08. The van der Waals surface area contributed by atoms with E-state index in [0.29, 0.717) is 5.04 Å². The van der Waals surface area contributed by atoms with Crippen molar-refractivity contribution in [2.75, 3.05) is 6.26 Å². The van der Waals surface area contributed by atoms with Gasteiger partial charge < -0.3 is 5.21 Å². The summed E-state index contributed by atoms with van der Waals surface area (Å²) in [5.41, 5.74) is 0. The van der Waals surface area contributed by atoms with E-state index >= 15 is 0 Å². The molecular formula is C7H9NOS2. The first-order chi connectivity index (χ1) is 5.27. The standard InChI is InChI=1S/C7H9NOS2/c1-5-3-4-6(11-5)7(8-9)10-2/h3-4,9H,1-2H3/b8-7-. The SMILES string of the molecule is CS/C(=N\O)c1ccc(C)s1. The molecule has 0 saturated carbocycles. The maximum atomic E-state index is 8.56. The second-order valence-corrected chi connectivity index (χ2v) is 4.10. The molecule has 0 fully saturated rings. The lowest BCUT2D eigenvalue weighted by atomic mass is 10.4. The summed E-state index contributed by atoms with van der Waals surface area (Å²) in [5.74, 6) is 0. The van der Waals surface area contributed by atoms with E-state index in [1.54, 1.807) is 11.3 Å². The Hall–Kier alpha value is -0.480. The molecule has 4 heteroatoms. The number of hydrogen-bond donors (Lipinski definition) is 1. The Bertz CT molecular complexity index is 267. The Morgan fingerprint density at radius 2 is 2.36 bits per heavy atom. The minimum atomic E-state index is 0.683. The molecule has 1 rings (SSSR count). The Balaban J connectivity index is 2.91. The zero-order chi connectivity index (χ0) is 8.27. The van der Waals surface area contributed by atoms with Crippen LogP contribution in [0.25, 0.3) is 0 Å². The molecule has 1 N–H and O–H groups in total. The van der Waals surface area contributed by atoms with Gasteiger partial charge in [-0.25, -0.2) is 0 Å². The van der Waals surface area contributed by atoms with Crippen LogP contribution >= 0.6 is 23.1 Å². The molecule has 0 spiro atoms. The molecule has 0 unspecified atom stereocenters. The van der Waals surface area contributed by atoms with Gasteiger partial charge in [0.2, 0.25) is 0 Å². The van der Waals surface area contributed by atoms with Crippen LogP contribution in [0.2, 0.25) is 0 Å². The molecule has 0 aliphatic carbocycles. The fourth-order valence-corrected chi connectivity index (χ4v) is 2.21. The monoisotopic (exact) mass is 187 g/mol. The predicted octanol–water partition coefficient (Wildman–Crippen LogP) is 2.56. The Labute approximate surface area is 73.9 Å². The average Bonchev–Trinajstić information content (AvgIpc) is 2.39. The molecule has 1 aromatic heterocycles. The second kappa shape index (κ2) is 3.78. The van der Waals surface area contributed by atoms with Crippen LogP contribution in [0.3, 0.4) is 0 Å². The lowest BCUT2D eigenvalue weighted by molar-refractivity contribution is 0.321. The number of oxime groups is 1. The van der Waals surface area contributed by atoms with Crippen molar-refractivity contribution in [1.29, 1.82) is 0 Å². The topological polar surface area (TPSA) is 32.6 Å². The van der Waals surface area contributed by atoms with Gasteiger partial charge in [-0.05, 0) is 25.3 Å². The van der Waals surface area contributed by atoms with Gasteiger partial charge in [0.05, 0.1) is 4.88 Å². The predicted molar refractivity (Wildman–Crippen MR) is 50.9 cm³/mol. The lowest BCUT2D eigenvalue weighted by Gasteiger charge is -1.93. The molecule has 1 heterocycles. The fourth-order valence-electron chi connectivity index (χ4n) is 0.740. The summed E-state index contributed by atoms with van der Waals surface area (Å²) in [7, 11) is 0. The number of rotatable bonds is 1. The van der Waals surface area contributed by atoms with Crippen LogP contribution in [-0.2, 0) is 0 Å². The van der Waals surface area contributed by atoms with E-state index < -0.39 is 0 Å². The highest BCUT2D eigenvalue weighted by Gasteiger charge is 2.03. The molecule has 0 aliphatic heterocycles. The Morgan fingerprint density at radius 3 is 2.73 bits per heavy atom. The fraction of sp³-hybridized carbons (Fsp3) is 0.286.